The molecule has 0 unspecified atom stereocenters. The second-order valence-electron chi connectivity index (χ2n) is 4.55. The number of thiophene rings is 1. The van der Waals surface area contributed by atoms with E-state index in [4.69, 9.17) is 4.74 Å². The van der Waals surface area contributed by atoms with Crippen molar-refractivity contribution < 1.29 is 9.53 Å². The predicted octanol–water partition coefficient (Wildman–Crippen LogP) is 3.83. The Morgan fingerprint density at radius 2 is 2.12 bits per heavy atom. The Kier molecular flexibility index (Phi) is 3.31. The molecule has 3 nitrogen and oxygen atoms in total. The van der Waals surface area contributed by atoms with E-state index in [1.807, 2.05) is 37.6 Å². The minimum atomic E-state index is -0.483. The number of rotatable bonds is 2. The molecule has 0 aromatic carbocycles. The number of esters is 1. The van der Waals surface area contributed by atoms with Gasteiger partial charge in [-0.2, -0.15) is 11.3 Å². The van der Waals surface area contributed by atoms with E-state index in [1.54, 1.807) is 16.7 Å². The highest BCUT2D eigenvalue weighted by Crippen LogP contribution is 2.26. The first kappa shape index (κ1) is 12.3. The van der Waals surface area contributed by atoms with Gasteiger partial charge in [-0.1, -0.05) is 0 Å². The molecule has 0 saturated heterocycles. The van der Waals surface area contributed by atoms with Gasteiger partial charge in [-0.3, -0.25) is 0 Å². The van der Waals surface area contributed by atoms with E-state index in [2.05, 4.69) is 4.98 Å². The summed E-state index contributed by atoms with van der Waals surface area (Å²) in [5.41, 5.74) is 0.949. The second kappa shape index (κ2) is 4.58. The van der Waals surface area contributed by atoms with Crippen molar-refractivity contribution in [2.24, 2.45) is 0 Å². The molecule has 90 valence electrons. The van der Waals surface area contributed by atoms with Crippen LogP contribution in [-0.4, -0.2) is 16.6 Å². The van der Waals surface area contributed by atoms with Crippen LogP contribution >= 0.6 is 22.7 Å². The highest BCUT2D eigenvalue weighted by Gasteiger charge is 2.20. The van der Waals surface area contributed by atoms with Crippen LogP contribution in [0.5, 0.6) is 0 Å². The first-order valence-electron chi connectivity index (χ1n) is 5.17. The Balaban J connectivity index is 2.16. The van der Waals surface area contributed by atoms with E-state index in [9.17, 15) is 4.79 Å². The van der Waals surface area contributed by atoms with Gasteiger partial charge in [0.1, 0.15) is 10.6 Å². The van der Waals surface area contributed by atoms with Crippen LogP contribution in [0.4, 0.5) is 0 Å². The van der Waals surface area contributed by atoms with E-state index < -0.39 is 5.60 Å². The van der Waals surface area contributed by atoms with Crippen molar-refractivity contribution in [1.29, 1.82) is 0 Å². The molecule has 2 heterocycles. The van der Waals surface area contributed by atoms with Crippen molar-refractivity contribution in [1.82, 2.24) is 4.98 Å². The Morgan fingerprint density at radius 3 is 2.71 bits per heavy atom. The third-order valence-corrected chi connectivity index (χ3v) is 3.45. The molecule has 0 bridgehead atoms. The van der Waals surface area contributed by atoms with Gasteiger partial charge in [0.15, 0.2) is 5.69 Å². The number of carbonyl (C=O) groups is 1. The highest BCUT2D eigenvalue weighted by molar-refractivity contribution is 7.14. The number of nitrogens with zero attached hydrogens (tertiary/aromatic N) is 1. The van der Waals surface area contributed by atoms with Crippen LogP contribution in [0.1, 0.15) is 31.3 Å². The van der Waals surface area contributed by atoms with Gasteiger partial charge in [0.25, 0.3) is 0 Å². The minimum absolute atomic E-state index is 0.366. The lowest BCUT2D eigenvalue weighted by atomic mass is 10.2. The topological polar surface area (TPSA) is 39.2 Å². The zero-order valence-corrected chi connectivity index (χ0v) is 11.5. The summed E-state index contributed by atoms with van der Waals surface area (Å²) < 4.78 is 5.26. The zero-order valence-electron chi connectivity index (χ0n) is 9.89. The Bertz CT molecular complexity index is 509. The predicted molar refractivity (Wildman–Crippen MR) is 70.6 cm³/mol. The molecule has 0 aliphatic rings. The summed E-state index contributed by atoms with van der Waals surface area (Å²) in [7, 11) is 0. The molecular formula is C12H13NO2S2. The maximum atomic E-state index is 11.8. The molecule has 0 atom stereocenters. The summed E-state index contributed by atoms with van der Waals surface area (Å²) in [6.07, 6.45) is 0. The van der Waals surface area contributed by atoms with E-state index in [0.717, 1.165) is 10.6 Å². The third kappa shape index (κ3) is 3.14. The first-order chi connectivity index (χ1) is 7.96. The van der Waals surface area contributed by atoms with Gasteiger partial charge in [-0.15, -0.1) is 11.3 Å². The number of hydrogen-bond acceptors (Lipinski definition) is 5. The molecule has 0 N–H and O–H groups in total. The van der Waals surface area contributed by atoms with Crippen molar-refractivity contribution >= 4 is 28.6 Å². The molecule has 5 heteroatoms. The zero-order chi connectivity index (χ0) is 12.5. The SMILES string of the molecule is CC(C)(C)OC(=O)c1csc(-c2ccsc2)n1. The lowest BCUT2D eigenvalue weighted by Crippen LogP contribution is -2.24. The van der Waals surface area contributed by atoms with Crippen LogP contribution in [0.2, 0.25) is 0 Å². The van der Waals surface area contributed by atoms with Crippen LogP contribution in [-0.2, 0) is 4.74 Å². The van der Waals surface area contributed by atoms with E-state index in [0.29, 0.717) is 5.69 Å². The lowest BCUT2D eigenvalue weighted by Gasteiger charge is -2.18. The van der Waals surface area contributed by atoms with Crippen LogP contribution < -0.4 is 0 Å². The normalized spacial score (nSPS) is 11.5. The van der Waals surface area contributed by atoms with E-state index in [-0.39, 0.29) is 5.97 Å². The Hall–Kier alpha value is -1.20. The average Bonchev–Trinajstić information content (AvgIpc) is 2.86. The quantitative estimate of drug-likeness (QED) is 0.776. The molecule has 0 radical (unpaired) electrons. The largest absolute Gasteiger partial charge is 0.455 e. The summed E-state index contributed by atoms with van der Waals surface area (Å²) >= 11 is 3.07. The minimum Gasteiger partial charge on any atom is -0.455 e. The number of carbonyl (C=O) groups excluding carboxylic acids is 1. The molecule has 0 aliphatic heterocycles. The average molecular weight is 267 g/mol. The standard InChI is InChI=1S/C12H13NO2S2/c1-12(2,3)15-11(14)9-7-17-10(13-9)8-4-5-16-6-8/h4-7H,1-3H3. The summed E-state index contributed by atoms with van der Waals surface area (Å²) in [6.45, 7) is 5.53. The van der Waals surface area contributed by atoms with Gasteiger partial charge < -0.3 is 4.74 Å². The van der Waals surface area contributed by atoms with Gasteiger partial charge in [-0.05, 0) is 32.2 Å². The summed E-state index contributed by atoms with van der Waals surface area (Å²) in [6, 6.07) is 1.99. The Morgan fingerprint density at radius 1 is 1.35 bits per heavy atom. The fourth-order valence-electron chi connectivity index (χ4n) is 1.22. The molecule has 2 aromatic heterocycles. The number of aromatic nitrogens is 1. The summed E-state index contributed by atoms with van der Waals surface area (Å²) in [4.78, 5) is 16.1. The Labute approximate surface area is 108 Å². The molecule has 0 amide bonds. The molecule has 0 fully saturated rings. The van der Waals surface area contributed by atoms with Crippen LogP contribution in [0.25, 0.3) is 10.6 Å². The van der Waals surface area contributed by atoms with Gasteiger partial charge in [0.2, 0.25) is 0 Å². The molecule has 2 aromatic rings. The van der Waals surface area contributed by atoms with Crippen molar-refractivity contribution in [2.45, 2.75) is 26.4 Å². The molecular weight excluding hydrogens is 254 g/mol. The van der Waals surface area contributed by atoms with Crippen molar-refractivity contribution in [2.75, 3.05) is 0 Å². The van der Waals surface area contributed by atoms with Crippen molar-refractivity contribution in [3.63, 3.8) is 0 Å². The smallest absolute Gasteiger partial charge is 0.358 e. The van der Waals surface area contributed by atoms with Gasteiger partial charge in [-0.25, -0.2) is 9.78 Å². The van der Waals surface area contributed by atoms with Gasteiger partial charge >= 0.3 is 5.97 Å². The van der Waals surface area contributed by atoms with Crippen LogP contribution in [0.15, 0.2) is 22.2 Å². The second-order valence-corrected chi connectivity index (χ2v) is 6.19. The highest BCUT2D eigenvalue weighted by atomic mass is 32.1. The molecule has 0 spiro atoms. The number of hydrogen-bond donors (Lipinski definition) is 0. The number of thiazole rings is 1. The van der Waals surface area contributed by atoms with Gasteiger partial charge in [0.05, 0.1) is 0 Å². The van der Waals surface area contributed by atoms with E-state index >= 15 is 0 Å². The van der Waals surface area contributed by atoms with Gasteiger partial charge in [0, 0.05) is 16.3 Å². The molecule has 0 saturated carbocycles. The summed E-state index contributed by atoms with van der Waals surface area (Å²) in [5.74, 6) is -0.366. The number of ether oxygens (including phenoxy) is 1. The molecule has 17 heavy (non-hydrogen) atoms. The first-order valence-corrected chi connectivity index (χ1v) is 6.99. The van der Waals surface area contributed by atoms with Crippen LogP contribution in [0.3, 0.4) is 0 Å². The third-order valence-electron chi connectivity index (χ3n) is 1.88. The van der Waals surface area contributed by atoms with Crippen LogP contribution in [0, 0.1) is 0 Å². The lowest BCUT2D eigenvalue weighted by molar-refractivity contribution is 0.00638. The summed E-state index contributed by atoms with van der Waals surface area (Å²) in [5, 5.41) is 6.59. The maximum Gasteiger partial charge on any atom is 0.358 e. The molecule has 0 aliphatic carbocycles. The monoisotopic (exact) mass is 267 g/mol. The van der Waals surface area contributed by atoms with Crippen molar-refractivity contribution in [3.05, 3.63) is 27.9 Å². The molecule has 2 rings (SSSR count). The van der Waals surface area contributed by atoms with Crippen molar-refractivity contribution in [3.8, 4) is 10.6 Å². The van der Waals surface area contributed by atoms with E-state index in [1.165, 1.54) is 11.3 Å². The maximum absolute atomic E-state index is 11.8. The fourth-order valence-corrected chi connectivity index (χ4v) is 2.72. The fraction of sp³-hybridized carbons (Fsp3) is 0.333.